The predicted molar refractivity (Wildman–Crippen MR) is 132 cm³/mol. The molecule has 0 aliphatic carbocycles. The first-order valence-electron chi connectivity index (χ1n) is 10.7. The molecule has 3 aromatic heterocycles. The van der Waals surface area contributed by atoms with Crippen molar-refractivity contribution in [3.63, 3.8) is 0 Å². The smallest absolute Gasteiger partial charge is 0.209 e. The second-order valence-electron chi connectivity index (χ2n) is 9.25. The van der Waals surface area contributed by atoms with Gasteiger partial charge in [-0.05, 0) is 65.9 Å². The van der Waals surface area contributed by atoms with Crippen molar-refractivity contribution in [3.8, 4) is 0 Å². The zero-order valence-electron chi connectivity index (χ0n) is 18.7. The van der Waals surface area contributed by atoms with E-state index in [0.717, 1.165) is 31.7 Å². The van der Waals surface area contributed by atoms with E-state index < -0.39 is 0 Å². The summed E-state index contributed by atoms with van der Waals surface area (Å²) in [5.74, 6) is 0.00921. The first-order chi connectivity index (χ1) is 15.3. The van der Waals surface area contributed by atoms with Gasteiger partial charge in [-0.1, -0.05) is 32.9 Å². The lowest BCUT2D eigenvalue weighted by Crippen LogP contribution is -2.12. The van der Waals surface area contributed by atoms with Gasteiger partial charge in [-0.15, -0.1) is 11.3 Å². The van der Waals surface area contributed by atoms with Crippen LogP contribution in [0.2, 0.25) is 0 Å². The molecule has 5 rings (SSSR count). The van der Waals surface area contributed by atoms with E-state index in [2.05, 4.69) is 53.5 Å². The fourth-order valence-corrected chi connectivity index (χ4v) is 4.91. The number of carbonyl (C=O) groups is 1. The molecule has 0 bridgehead atoms. The molecule has 5 aromatic rings. The van der Waals surface area contributed by atoms with Gasteiger partial charge in [0.05, 0.1) is 20.9 Å². The molecule has 160 valence electrons. The number of benzene rings is 2. The summed E-state index contributed by atoms with van der Waals surface area (Å²) in [6.45, 7) is 9.20. The third kappa shape index (κ3) is 3.73. The quantitative estimate of drug-likeness (QED) is 0.299. The van der Waals surface area contributed by atoms with Crippen LogP contribution in [0.15, 0.2) is 67.0 Å². The fourth-order valence-electron chi connectivity index (χ4n) is 4.10. The number of carbonyl (C=O) groups excluding carboxylic acids is 1. The van der Waals surface area contributed by atoms with E-state index in [0.29, 0.717) is 17.8 Å². The molecular formula is C27H25N3OS. The molecular weight excluding hydrogens is 414 g/mol. The van der Waals surface area contributed by atoms with Crippen LogP contribution < -0.4 is 0 Å². The lowest BCUT2D eigenvalue weighted by molar-refractivity contribution is 0.103. The summed E-state index contributed by atoms with van der Waals surface area (Å²) in [6.07, 6.45) is 3.62. The Bertz CT molecular complexity index is 1460. The van der Waals surface area contributed by atoms with Gasteiger partial charge < -0.3 is 4.57 Å². The summed E-state index contributed by atoms with van der Waals surface area (Å²) in [5, 5.41) is 2.08. The maximum Gasteiger partial charge on any atom is 0.209 e. The monoisotopic (exact) mass is 439 g/mol. The molecule has 0 unspecified atom stereocenters. The molecule has 0 N–H and O–H groups in total. The minimum absolute atomic E-state index is 0.00921. The highest BCUT2D eigenvalue weighted by Gasteiger charge is 2.21. The van der Waals surface area contributed by atoms with Crippen molar-refractivity contribution in [2.75, 3.05) is 0 Å². The second-order valence-corrected chi connectivity index (χ2v) is 10.5. The van der Waals surface area contributed by atoms with Crippen LogP contribution >= 0.6 is 11.3 Å². The van der Waals surface area contributed by atoms with Crippen molar-refractivity contribution >= 4 is 38.2 Å². The number of nitrogens with zero attached hydrogens (tertiary/aromatic N) is 3. The summed E-state index contributed by atoms with van der Waals surface area (Å²) < 4.78 is 3.21. The van der Waals surface area contributed by atoms with Gasteiger partial charge in [0.2, 0.25) is 5.78 Å². The zero-order valence-corrected chi connectivity index (χ0v) is 19.5. The Morgan fingerprint density at radius 3 is 2.66 bits per heavy atom. The molecule has 0 aliphatic rings. The lowest BCUT2D eigenvalue weighted by Gasteiger charge is -2.19. The molecule has 0 atom stereocenters. The van der Waals surface area contributed by atoms with Crippen LogP contribution in [-0.4, -0.2) is 20.3 Å². The van der Waals surface area contributed by atoms with Crippen molar-refractivity contribution in [3.05, 3.63) is 94.4 Å². The number of fused-ring (bicyclic) bond motifs is 2. The number of pyridine rings is 1. The van der Waals surface area contributed by atoms with Crippen LogP contribution in [0, 0.1) is 6.92 Å². The van der Waals surface area contributed by atoms with Crippen molar-refractivity contribution in [2.24, 2.45) is 0 Å². The Hall–Kier alpha value is -3.31. The number of aromatic nitrogens is 3. The van der Waals surface area contributed by atoms with Gasteiger partial charge in [-0.25, -0.2) is 4.98 Å². The van der Waals surface area contributed by atoms with Crippen LogP contribution in [0.3, 0.4) is 0 Å². The number of hydrogen-bond donors (Lipinski definition) is 0. The van der Waals surface area contributed by atoms with Gasteiger partial charge in [0.15, 0.2) is 0 Å². The van der Waals surface area contributed by atoms with E-state index in [9.17, 15) is 4.79 Å². The van der Waals surface area contributed by atoms with Gasteiger partial charge >= 0.3 is 0 Å². The third-order valence-corrected chi connectivity index (χ3v) is 6.77. The average molecular weight is 440 g/mol. The molecule has 32 heavy (non-hydrogen) atoms. The Morgan fingerprint density at radius 2 is 1.91 bits per heavy atom. The highest BCUT2D eigenvalue weighted by Crippen LogP contribution is 2.30. The Morgan fingerprint density at radius 1 is 1.06 bits per heavy atom. The number of hydrogen-bond acceptors (Lipinski definition) is 4. The normalized spacial score (nSPS) is 12.0. The minimum atomic E-state index is 0.00921. The maximum absolute atomic E-state index is 13.7. The molecule has 0 aliphatic heterocycles. The number of rotatable bonds is 4. The molecule has 0 radical (unpaired) electrons. The fraction of sp³-hybridized carbons (Fsp3) is 0.222. The third-order valence-electron chi connectivity index (χ3n) is 5.82. The SMILES string of the molecule is Cc1nc2cc(C(=O)c3cc4cc(C(C)(C)C)ccc4n3Cc3cccnc3)ccc2s1. The van der Waals surface area contributed by atoms with Crippen molar-refractivity contribution in [2.45, 2.75) is 39.7 Å². The first kappa shape index (κ1) is 20.6. The second kappa shape index (κ2) is 7.68. The Balaban J connectivity index is 1.66. The number of thiazole rings is 1. The van der Waals surface area contributed by atoms with Gasteiger partial charge in [-0.3, -0.25) is 9.78 Å². The summed E-state index contributed by atoms with van der Waals surface area (Å²) in [7, 11) is 0. The standard InChI is InChI=1S/C27H25N3OS/c1-17-29-22-13-19(7-10-25(22)32-17)26(31)24-14-20-12-21(27(2,3)4)8-9-23(20)30(24)16-18-6-5-11-28-15-18/h5-15H,16H2,1-4H3. The van der Waals surface area contributed by atoms with E-state index in [4.69, 9.17) is 0 Å². The zero-order chi connectivity index (χ0) is 22.5. The summed E-state index contributed by atoms with van der Waals surface area (Å²) in [4.78, 5) is 22.5. The molecule has 0 spiro atoms. The molecule has 4 nitrogen and oxygen atoms in total. The highest BCUT2D eigenvalue weighted by molar-refractivity contribution is 7.18. The van der Waals surface area contributed by atoms with Gasteiger partial charge in [0.1, 0.15) is 0 Å². The summed E-state index contributed by atoms with van der Waals surface area (Å²) >= 11 is 1.65. The van der Waals surface area contributed by atoms with Gasteiger partial charge in [-0.2, -0.15) is 0 Å². The van der Waals surface area contributed by atoms with Crippen LogP contribution in [-0.2, 0) is 12.0 Å². The largest absolute Gasteiger partial charge is 0.333 e. The van der Waals surface area contributed by atoms with Crippen molar-refractivity contribution in [1.82, 2.24) is 14.5 Å². The molecule has 0 fully saturated rings. The van der Waals surface area contributed by atoms with E-state index >= 15 is 0 Å². The Labute approximate surface area is 191 Å². The molecule has 0 saturated carbocycles. The van der Waals surface area contributed by atoms with Crippen LogP contribution in [0.4, 0.5) is 0 Å². The van der Waals surface area contributed by atoms with E-state index in [1.165, 1.54) is 5.56 Å². The van der Waals surface area contributed by atoms with Crippen molar-refractivity contribution < 1.29 is 4.79 Å². The summed E-state index contributed by atoms with van der Waals surface area (Å²) in [6, 6.07) is 18.3. The predicted octanol–water partition coefficient (Wildman–Crippen LogP) is 6.53. The Kier molecular flexibility index (Phi) is 4.94. The first-order valence-corrected chi connectivity index (χ1v) is 11.6. The molecule has 0 saturated heterocycles. The maximum atomic E-state index is 13.7. The highest BCUT2D eigenvalue weighted by atomic mass is 32.1. The van der Waals surface area contributed by atoms with E-state index in [1.807, 2.05) is 49.5 Å². The number of aryl methyl sites for hydroxylation is 1. The van der Waals surface area contributed by atoms with E-state index in [-0.39, 0.29) is 11.2 Å². The average Bonchev–Trinajstić information content (AvgIpc) is 3.32. The van der Waals surface area contributed by atoms with Gasteiger partial charge in [0, 0.05) is 35.4 Å². The topological polar surface area (TPSA) is 47.8 Å². The minimum Gasteiger partial charge on any atom is -0.333 e. The van der Waals surface area contributed by atoms with Gasteiger partial charge in [0.25, 0.3) is 0 Å². The van der Waals surface area contributed by atoms with Crippen molar-refractivity contribution in [1.29, 1.82) is 0 Å². The molecule has 2 aromatic carbocycles. The molecule has 0 amide bonds. The van der Waals surface area contributed by atoms with Crippen LogP contribution in [0.5, 0.6) is 0 Å². The van der Waals surface area contributed by atoms with Crippen LogP contribution in [0.1, 0.15) is 53.0 Å². The van der Waals surface area contributed by atoms with Crippen LogP contribution in [0.25, 0.3) is 21.1 Å². The summed E-state index contributed by atoms with van der Waals surface area (Å²) in [5.41, 5.74) is 5.62. The molecule has 3 heterocycles. The van der Waals surface area contributed by atoms with E-state index in [1.54, 1.807) is 17.5 Å². The lowest BCUT2D eigenvalue weighted by atomic mass is 9.86. The molecule has 5 heteroatoms. The number of ketones is 1.